The monoisotopic (exact) mass is 420 g/mol. The molecular formula is C23H24N4O2S. The van der Waals surface area contributed by atoms with Crippen molar-refractivity contribution in [2.45, 2.75) is 26.4 Å². The second-order valence-corrected chi connectivity index (χ2v) is 8.54. The van der Waals surface area contributed by atoms with Gasteiger partial charge in [-0.05, 0) is 41.6 Å². The number of amides is 2. The molecule has 0 bridgehead atoms. The molecule has 0 fully saturated rings. The number of rotatable bonds is 4. The molecule has 3 heterocycles. The Hall–Kier alpha value is -3.19. The van der Waals surface area contributed by atoms with Crippen molar-refractivity contribution in [1.29, 1.82) is 0 Å². The predicted octanol–water partition coefficient (Wildman–Crippen LogP) is 3.71. The van der Waals surface area contributed by atoms with E-state index in [2.05, 4.69) is 34.7 Å². The molecule has 3 aromatic rings. The van der Waals surface area contributed by atoms with Crippen molar-refractivity contribution in [2.24, 2.45) is 0 Å². The number of carbonyl (C=O) groups is 2. The van der Waals surface area contributed by atoms with Crippen LogP contribution in [0.4, 0.5) is 5.82 Å². The van der Waals surface area contributed by atoms with Crippen LogP contribution in [0.15, 0.2) is 42.6 Å². The van der Waals surface area contributed by atoms with E-state index in [0.29, 0.717) is 26.1 Å². The number of anilines is 1. The predicted molar refractivity (Wildman–Crippen MR) is 121 cm³/mol. The number of aromatic nitrogens is 1. The van der Waals surface area contributed by atoms with E-state index >= 15 is 0 Å². The first-order valence-corrected chi connectivity index (χ1v) is 10.7. The van der Waals surface area contributed by atoms with Gasteiger partial charge in [0.15, 0.2) is 0 Å². The third kappa shape index (κ3) is 4.36. The van der Waals surface area contributed by atoms with Crippen LogP contribution in [0.1, 0.15) is 28.0 Å². The summed E-state index contributed by atoms with van der Waals surface area (Å²) in [4.78, 5) is 31.6. The minimum absolute atomic E-state index is 0.0161. The van der Waals surface area contributed by atoms with Gasteiger partial charge in [0.1, 0.15) is 5.82 Å². The number of fused-ring (bicyclic) bond motifs is 2. The standard InChI is InChI=1S/C23H24N4O2S/c1-15-18-5-3-4-6-19(18)30-20(15)14-27(2)22(29)8-7-16-11-17-13-25-21(28)9-10-24-23(17)26-12-16/h3-8,11-12H,9-10,13-14H2,1-2H3,(H,24,26)(H,25,28)/b8-7+. The molecule has 1 aromatic carbocycles. The highest BCUT2D eigenvalue weighted by atomic mass is 32.1. The van der Waals surface area contributed by atoms with E-state index < -0.39 is 0 Å². The molecule has 0 unspecified atom stereocenters. The highest BCUT2D eigenvalue weighted by Crippen LogP contribution is 2.31. The van der Waals surface area contributed by atoms with Gasteiger partial charge >= 0.3 is 0 Å². The second kappa shape index (κ2) is 8.67. The number of likely N-dealkylation sites (N-methyl/N-ethyl adjacent to an activating group) is 1. The SMILES string of the molecule is Cc1c(CN(C)C(=O)/C=C/c2cnc3c(c2)CNC(=O)CCN3)sc2ccccc12. The molecule has 2 aromatic heterocycles. The lowest BCUT2D eigenvalue weighted by Crippen LogP contribution is -2.28. The van der Waals surface area contributed by atoms with Crippen LogP contribution < -0.4 is 10.6 Å². The Morgan fingerprint density at radius 2 is 2.13 bits per heavy atom. The molecule has 0 atom stereocenters. The first kappa shape index (κ1) is 20.1. The van der Waals surface area contributed by atoms with Gasteiger partial charge in [-0.3, -0.25) is 9.59 Å². The maximum Gasteiger partial charge on any atom is 0.246 e. The van der Waals surface area contributed by atoms with Crippen LogP contribution >= 0.6 is 11.3 Å². The Balaban J connectivity index is 1.45. The molecule has 2 amide bonds. The summed E-state index contributed by atoms with van der Waals surface area (Å²) in [5, 5.41) is 7.31. The van der Waals surface area contributed by atoms with Crippen LogP contribution in [0.3, 0.4) is 0 Å². The Morgan fingerprint density at radius 3 is 2.97 bits per heavy atom. The summed E-state index contributed by atoms with van der Waals surface area (Å²) >= 11 is 1.73. The molecule has 30 heavy (non-hydrogen) atoms. The second-order valence-electron chi connectivity index (χ2n) is 7.40. The third-order valence-electron chi connectivity index (χ3n) is 5.23. The van der Waals surface area contributed by atoms with Gasteiger partial charge in [-0.2, -0.15) is 0 Å². The minimum atomic E-state index is -0.0648. The molecule has 0 saturated carbocycles. The number of thiophene rings is 1. The Morgan fingerprint density at radius 1 is 1.30 bits per heavy atom. The number of nitrogens with zero attached hydrogens (tertiary/aromatic N) is 2. The van der Waals surface area contributed by atoms with E-state index in [1.165, 1.54) is 20.5 Å². The fourth-order valence-electron chi connectivity index (χ4n) is 3.45. The van der Waals surface area contributed by atoms with E-state index in [-0.39, 0.29) is 11.8 Å². The van der Waals surface area contributed by atoms with Gasteiger partial charge in [-0.1, -0.05) is 18.2 Å². The topological polar surface area (TPSA) is 74.3 Å². The molecule has 0 spiro atoms. The summed E-state index contributed by atoms with van der Waals surface area (Å²) in [6.45, 7) is 3.67. The summed E-state index contributed by atoms with van der Waals surface area (Å²) in [5.74, 6) is 0.725. The normalized spacial score (nSPS) is 14.0. The number of pyridine rings is 1. The number of aryl methyl sites for hydroxylation is 1. The molecule has 0 aliphatic carbocycles. The lowest BCUT2D eigenvalue weighted by molar-refractivity contribution is -0.125. The summed E-state index contributed by atoms with van der Waals surface area (Å²) < 4.78 is 1.24. The van der Waals surface area contributed by atoms with Crippen molar-refractivity contribution in [2.75, 3.05) is 18.9 Å². The molecule has 0 radical (unpaired) electrons. The molecule has 4 rings (SSSR count). The Bertz CT molecular complexity index is 1140. The van der Waals surface area contributed by atoms with Crippen LogP contribution in [-0.2, 0) is 22.7 Å². The van der Waals surface area contributed by atoms with E-state index in [0.717, 1.165) is 16.9 Å². The number of benzene rings is 1. The van der Waals surface area contributed by atoms with Gasteiger partial charge in [-0.25, -0.2) is 4.98 Å². The quantitative estimate of drug-likeness (QED) is 0.631. The van der Waals surface area contributed by atoms with Gasteiger partial charge < -0.3 is 15.5 Å². The van der Waals surface area contributed by atoms with Crippen LogP contribution in [0, 0.1) is 6.92 Å². The van der Waals surface area contributed by atoms with Crippen molar-refractivity contribution in [1.82, 2.24) is 15.2 Å². The maximum atomic E-state index is 12.6. The van der Waals surface area contributed by atoms with Crippen LogP contribution in [0.5, 0.6) is 0 Å². The Kier molecular flexibility index (Phi) is 5.81. The highest BCUT2D eigenvalue weighted by Gasteiger charge is 2.14. The molecule has 7 heteroatoms. The first-order valence-electron chi connectivity index (χ1n) is 9.91. The fraction of sp³-hybridized carbons (Fsp3) is 0.261. The summed E-state index contributed by atoms with van der Waals surface area (Å²) in [6, 6.07) is 10.3. The van der Waals surface area contributed by atoms with Gasteiger partial charge in [0.2, 0.25) is 11.8 Å². The van der Waals surface area contributed by atoms with E-state index in [4.69, 9.17) is 0 Å². The van der Waals surface area contributed by atoms with E-state index in [1.54, 1.807) is 34.6 Å². The smallest absolute Gasteiger partial charge is 0.246 e. The number of nitrogens with one attached hydrogen (secondary N) is 2. The largest absolute Gasteiger partial charge is 0.369 e. The molecule has 6 nitrogen and oxygen atoms in total. The van der Waals surface area contributed by atoms with Crippen molar-refractivity contribution < 1.29 is 9.59 Å². The summed E-state index contributed by atoms with van der Waals surface area (Å²) in [5.41, 5.74) is 2.97. The minimum Gasteiger partial charge on any atom is -0.369 e. The van der Waals surface area contributed by atoms with Crippen LogP contribution in [-0.4, -0.2) is 35.3 Å². The van der Waals surface area contributed by atoms with Crippen LogP contribution in [0.2, 0.25) is 0 Å². The number of hydrogen-bond donors (Lipinski definition) is 2. The maximum absolute atomic E-state index is 12.6. The molecule has 2 N–H and O–H groups in total. The van der Waals surface area contributed by atoms with Crippen molar-refractivity contribution in [3.8, 4) is 0 Å². The molecular weight excluding hydrogens is 396 g/mol. The van der Waals surface area contributed by atoms with E-state index in [9.17, 15) is 9.59 Å². The lowest BCUT2D eigenvalue weighted by Gasteiger charge is -2.16. The third-order valence-corrected chi connectivity index (χ3v) is 6.48. The van der Waals surface area contributed by atoms with Crippen molar-refractivity contribution in [3.63, 3.8) is 0 Å². The van der Waals surface area contributed by atoms with Crippen molar-refractivity contribution >= 4 is 45.1 Å². The molecule has 1 aliphatic rings. The average Bonchev–Trinajstić information content (AvgIpc) is 3.05. The van der Waals surface area contributed by atoms with Gasteiger partial charge in [0.05, 0.1) is 6.54 Å². The zero-order chi connectivity index (χ0) is 21.1. The number of carbonyl (C=O) groups excluding carboxylic acids is 2. The summed E-state index contributed by atoms with van der Waals surface area (Å²) in [7, 11) is 1.81. The lowest BCUT2D eigenvalue weighted by atomic mass is 10.1. The Labute approximate surface area is 179 Å². The fourth-order valence-corrected chi connectivity index (χ4v) is 4.72. The van der Waals surface area contributed by atoms with Crippen molar-refractivity contribution in [3.05, 3.63) is 64.2 Å². The van der Waals surface area contributed by atoms with Gasteiger partial charge in [0.25, 0.3) is 0 Å². The van der Waals surface area contributed by atoms with Crippen LogP contribution in [0.25, 0.3) is 16.2 Å². The average molecular weight is 421 g/mol. The zero-order valence-corrected chi connectivity index (χ0v) is 17.9. The highest BCUT2D eigenvalue weighted by molar-refractivity contribution is 7.19. The zero-order valence-electron chi connectivity index (χ0n) is 17.1. The number of hydrogen-bond acceptors (Lipinski definition) is 5. The molecule has 1 aliphatic heterocycles. The molecule has 0 saturated heterocycles. The first-order chi connectivity index (χ1) is 14.5. The van der Waals surface area contributed by atoms with Gasteiger partial charge in [0, 0.05) is 54.0 Å². The van der Waals surface area contributed by atoms with Gasteiger partial charge in [-0.15, -0.1) is 11.3 Å². The summed E-state index contributed by atoms with van der Waals surface area (Å²) in [6.07, 6.45) is 5.50. The molecule has 154 valence electrons. The van der Waals surface area contributed by atoms with E-state index in [1.807, 2.05) is 25.2 Å².